The van der Waals surface area contributed by atoms with Crippen molar-refractivity contribution >= 4 is 22.8 Å². The van der Waals surface area contributed by atoms with Gasteiger partial charge in [-0.25, -0.2) is 14.6 Å². The van der Waals surface area contributed by atoms with Crippen LogP contribution in [0, 0.1) is 5.92 Å². The Hall–Kier alpha value is -4.38. The number of amides is 1. The molecule has 0 atom stereocenters. The van der Waals surface area contributed by atoms with Crippen molar-refractivity contribution in [3.8, 4) is 17.2 Å². The predicted octanol–water partition coefficient (Wildman–Crippen LogP) is 4.95. The quantitative estimate of drug-likeness (QED) is 0.255. The normalized spacial score (nSPS) is 20.9. The van der Waals surface area contributed by atoms with Gasteiger partial charge in [0.05, 0.1) is 37.9 Å². The Kier molecular flexibility index (Phi) is 9.39. The number of carbonyl (C=O) groups is 1. The van der Waals surface area contributed by atoms with Crippen LogP contribution in [-0.4, -0.2) is 83.1 Å². The smallest absolute Gasteiger partial charge is 0.225 e. The van der Waals surface area contributed by atoms with Crippen molar-refractivity contribution in [2.75, 3.05) is 57.4 Å². The van der Waals surface area contributed by atoms with Crippen LogP contribution in [0.25, 0.3) is 11.0 Å². The minimum Gasteiger partial charge on any atom is -0.494 e. The number of hydrogen-bond acceptors (Lipinski definition) is 9. The van der Waals surface area contributed by atoms with E-state index in [1.54, 1.807) is 6.33 Å². The summed E-state index contributed by atoms with van der Waals surface area (Å²) in [5.74, 6) is 3.72. The predicted molar refractivity (Wildman–Crippen MR) is 185 cm³/mol. The van der Waals surface area contributed by atoms with Crippen LogP contribution in [-0.2, 0) is 23.3 Å². The summed E-state index contributed by atoms with van der Waals surface area (Å²) in [5.41, 5.74) is 4.44. The number of piperazine rings is 1. The molecule has 2 aliphatic heterocycles. The number of carbonyl (C=O) groups excluding carboxylic acids is 1. The molecule has 254 valence electrons. The third-order valence-electron chi connectivity index (χ3n) is 10.2. The lowest BCUT2D eigenvalue weighted by Crippen LogP contribution is -2.53. The van der Waals surface area contributed by atoms with E-state index in [0.717, 1.165) is 91.4 Å². The third kappa shape index (κ3) is 6.27. The van der Waals surface area contributed by atoms with Crippen LogP contribution in [0.3, 0.4) is 0 Å². The Morgan fingerprint density at radius 2 is 1.69 bits per heavy atom. The van der Waals surface area contributed by atoms with E-state index in [-0.39, 0.29) is 17.4 Å². The van der Waals surface area contributed by atoms with Gasteiger partial charge in [-0.1, -0.05) is 12.1 Å². The van der Waals surface area contributed by atoms with Gasteiger partial charge >= 0.3 is 0 Å². The van der Waals surface area contributed by atoms with Gasteiger partial charge in [-0.2, -0.15) is 5.10 Å². The maximum absolute atomic E-state index is 13.8. The van der Waals surface area contributed by atoms with Crippen molar-refractivity contribution in [1.29, 1.82) is 0 Å². The number of nitrogens with zero attached hydrogens (tertiary/aromatic N) is 6. The van der Waals surface area contributed by atoms with E-state index in [0.29, 0.717) is 39.5 Å². The number of anilines is 1. The average Bonchev–Trinajstić information content (AvgIpc) is 3.52. The molecule has 11 heteroatoms. The van der Waals surface area contributed by atoms with Gasteiger partial charge in [0.2, 0.25) is 5.91 Å². The molecule has 1 aliphatic carbocycles. The van der Waals surface area contributed by atoms with Crippen molar-refractivity contribution in [3.05, 3.63) is 65.6 Å². The van der Waals surface area contributed by atoms with E-state index < -0.39 is 0 Å². The van der Waals surface area contributed by atoms with Crippen LogP contribution in [0.15, 0.2) is 48.9 Å². The topological polar surface area (TPSA) is 107 Å². The maximum Gasteiger partial charge on any atom is 0.225 e. The lowest BCUT2D eigenvalue weighted by Gasteiger charge is -2.46. The molecule has 0 bridgehead atoms. The first kappa shape index (κ1) is 32.2. The van der Waals surface area contributed by atoms with Crippen LogP contribution < -0.4 is 24.4 Å². The highest BCUT2D eigenvalue weighted by molar-refractivity contribution is 5.87. The van der Waals surface area contributed by atoms with Crippen LogP contribution in [0.1, 0.15) is 63.1 Å². The van der Waals surface area contributed by atoms with Crippen molar-refractivity contribution in [2.45, 2.75) is 65.0 Å². The molecule has 2 aromatic carbocycles. The molecular formula is C37H47N7O4. The number of ether oxygens (including phenoxy) is 3. The lowest BCUT2D eigenvalue weighted by molar-refractivity contribution is -0.137. The summed E-state index contributed by atoms with van der Waals surface area (Å²) in [4.78, 5) is 27.4. The van der Waals surface area contributed by atoms with Crippen LogP contribution in [0.5, 0.6) is 17.2 Å². The Morgan fingerprint density at radius 3 is 2.44 bits per heavy atom. The van der Waals surface area contributed by atoms with Gasteiger partial charge < -0.3 is 29.3 Å². The Bertz CT molecular complexity index is 1740. The van der Waals surface area contributed by atoms with Gasteiger partial charge in [0, 0.05) is 44.2 Å². The molecule has 1 spiro atoms. The van der Waals surface area contributed by atoms with Crippen LogP contribution in [0.2, 0.25) is 0 Å². The van der Waals surface area contributed by atoms with Crippen molar-refractivity contribution < 1.29 is 19.0 Å². The Labute approximate surface area is 282 Å². The minimum absolute atomic E-state index is 0.0497. The van der Waals surface area contributed by atoms with Crippen LogP contribution >= 0.6 is 0 Å². The summed E-state index contributed by atoms with van der Waals surface area (Å²) in [5, 5.41) is 9.45. The molecule has 1 saturated heterocycles. The Morgan fingerprint density at radius 1 is 0.938 bits per heavy atom. The number of fused-ring (bicyclic) bond motifs is 3. The highest BCUT2D eigenvalue weighted by Crippen LogP contribution is 2.46. The average molecular weight is 654 g/mol. The zero-order valence-electron chi connectivity index (χ0n) is 28.4. The van der Waals surface area contributed by atoms with Gasteiger partial charge in [-0.05, 0) is 93.8 Å². The monoisotopic (exact) mass is 653 g/mol. The number of rotatable bonds is 10. The van der Waals surface area contributed by atoms with Crippen molar-refractivity contribution in [3.63, 3.8) is 0 Å². The van der Waals surface area contributed by atoms with E-state index in [9.17, 15) is 4.79 Å². The number of hydrogen-bond donors (Lipinski definition) is 1. The third-order valence-corrected chi connectivity index (χ3v) is 10.2. The van der Waals surface area contributed by atoms with Crippen LogP contribution in [0.4, 0.5) is 5.82 Å². The molecule has 4 heterocycles. The van der Waals surface area contributed by atoms with Crippen molar-refractivity contribution in [2.24, 2.45) is 5.92 Å². The zero-order chi connectivity index (χ0) is 33.1. The molecular weight excluding hydrogens is 606 g/mol. The zero-order valence-corrected chi connectivity index (χ0v) is 28.4. The highest BCUT2D eigenvalue weighted by Gasteiger charge is 2.43. The SMILES string of the molecule is CCOc1cccc(Cn2ncc3c(N4CCN(C(=O)C5CCC6(CC5)NCCc5cc(OCC)c(OCC)cc56)CC4)ncnc32)c1. The molecule has 11 nitrogen and oxygen atoms in total. The van der Waals surface area contributed by atoms with E-state index >= 15 is 0 Å². The molecule has 3 aliphatic rings. The molecule has 2 aromatic heterocycles. The molecule has 0 radical (unpaired) electrons. The van der Waals surface area contributed by atoms with Gasteiger partial charge in [0.1, 0.15) is 17.9 Å². The maximum atomic E-state index is 13.8. The first-order valence-electron chi connectivity index (χ1n) is 17.6. The Balaban J connectivity index is 0.985. The van der Waals surface area contributed by atoms with Gasteiger partial charge in [-0.3, -0.25) is 4.79 Å². The van der Waals surface area contributed by atoms with Gasteiger partial charge in [-0.15, -0.1) is 0 Å². The second-order valence-electron chi connectivity index (χ2n) is 13.0. The summed E-state index contributed by atoms with van der Waals surface area (Å²) in [6, 6.07) is 12.5. The molecule has 1 saturated carbocycles. The second kappa shape index (κ2) is 14.0. The minimum atomic E-state index is -0.116. The molecule has 7 rings (SSSR count). The first-order valence-corrected chi connectivity index (χ1v) is 17.6. The summed E-state index contributed by atoms with van der Waals surface area (Å²) in [6.07, 6.45) is 8.08. The fourth-order valence-electron chi connectivity index (χ4n) is 7.84. The standard InChI is InChI=1S/C37H47N7O4/c1-4-46-29-9-7-8-26(20-29)24-44-35-30(23-41-44)34(38-25-39-35)42-16-18-43(19-17-42)36(45)27-10-13-37(14-11-27)31-22-33(48-6-3)32(47-5-2)21-28(31)12-15-40-37/h7-9,20-23,25,27,40H,4-6,10-19,24H2,1-3H3. The first-order chi connectivity index (χ1) is 23.5. The number of benzene rings is 2. The van der Waals surface area contributed by atoms with E-state index in [1.807, 2.05) is 49.8 Å². The fraction of sp³-hybridized carbons (Fsp3) is 0.514. The summed E-state index contributed by atoms with van der Waals surface area (Å²) in [6.45, 7) is 12.2. The van der Waals surface area contributed by atoms with E-state index in [4.69, 9.17) is 14.2 Å². The molecule has 4 aromatic rings. The summed E-state index contributed by atoms with van der Waals surface area (Å²) in [7, 11) is 0. The largest absolute Gasteiger partial charge is 0.494 e. The molecule has 48 heavy (non-hydrogen) atoms. The highest BCUT2D eigenvalue weighted by atomic mass is 16.5. The van der Waals surface area contributed by atoms with Gasteiger partial charge in [0.25, 0.3) is 0 Å². The van der Waals surface area contributed by atoms with Gasteiger partial charge in [0.15, 0.2) is 17.1 Å². The van der Waals surface area contributed by atoms with E-state index in [2.05, 4.69) is 48.4 Å². The summed E-state index contributed by atoms with van der Waals surface area (Å²) >= 11 is 0. The molecule has 1 amide bonds. The summed E-state index contributed by atoms with van der Waals surface area (Å²) < 4.78 is 19.5. The van der Waals surface area contributed by atoms with Crippen molar-refractivity contribution in [1.82, 2.24) is 30.0 Å². The number of nitrogens with one attached hydrogen (secondary N) is 1. The fourth-order valence-corrected chi connectivity index (χ4v) is 7.84. The van der Waals surface area contributed by atoms with E-state index in [1.165, 1.54) is 11.1 Å². The molecule has 1 N–H and O–H groups in total. The second-order valence-corrected chi connectivity index (χ2v) is 13.0. The number of aromatic nitrogens is 4. The lowest BCUT2D eigenvalue weighted by atomic mass is 9.69. The molecule has 0 unspecified atom stereocenters. The molecule has 2 fully saturated rings.